The van der Waals surface area contributed by atoms with Gasteiger partial charge >= 0.3 is 5.97 Å². The number of hydrogen-bond acceptors (Lipinski definition) is 3. The van der Waals surface area contributed by atoms with Crippen LogP contribution in [0.4, 0.5) is 0 Å². The molecule has 0 amide bonds. The third-order valence-electron chi connectivity index (χ3n) is 2.47. The van der Waals surface area contributed by atoms with Crippen molar-refractivity contribution in [3.63, 3.8) is 0 Å². The summed E-state index contributed by atoms with van der Waals surface area (Å²) in [5, 5.41) is 0. The molecular weight excluding hydrogens is 208 g/mol. The average Bonchev–Trinajstić information content (AvgIpc) is 2.52. The Labute approximate surface area is 94.0 Å². The molecule has 2 rings (SSSR count). The molecule has 1 aliphatic heterocycles. The Morgan fingerprint density at radius 3 is 2.93 bits per heavy atom. The fraction of sp³-hybridized carbons (Fsp3) is 0.417. The second-order valence-electron chi connectivity index (χ2n) is 4.12. The topological polar surface area (TPSA) is 26.3 Å². The number of fused-ring (bicyclic) bond motifs is 1. The van der Waals surface area contributed by atoms with Gasteiger partial charge in [-0.2, -0.15) is 0 Å². The molecule has 0 aliphatic carbocycles. The second-order valence-corrected chi connectivity index (χ2v) is 5.75. The quantitative estimate of drug-likeness (QED) is 0.720. The molecule has 0 fully saturated rings. The van der Waals surface area contributed by atoms with Crippen molar-refractivity contribution in [3.8, 4) is 0 Å². The summed E-state index contributed by atoms with van der Waals surface area (Å²) in [7, 11) is 0. The standard InChI is InChI=1S/C12H14O2S/c1-9(13)14-8-12(2)7-10-5-3-4-6-11(10)15-12/h3-6H,7-8H2,1-2H3. The summed E-state index contributed by atoms with van der Waals surface area (Å²) in [6.07, 6.45) is 0.973. The molecule has 3 heteroatoms. The van der Waals surface area contributed by atoms with Crippen LogP contribution in [0.25, 0.3) is 0 Å². The maximum Gasteiger partial charge on any atom is 0.302 e. The van der Waals surface area contributed by atoms with Crippen LogP contribution in [0.1, 0.15) is 19.4 Å². The lowest BCUT2D eigenvalue weighted by molar-refractivity contribution is -0.141. The van der Waals surface area contributed by atoms with Crippen molar-refractivity contribution in [2.45, 2.75) is 29.9 Å². The summed E-state index contributed by atoms with van der Waals surface area (Å²) in [5.74, 6) is -0.201. The summed E-state index contributed by atoms with van der Waals surface area (Å²) in [5.41, 5.74) is 1.36. The van der Waals surface area contributed by atoms with E-state index < -0.39 is 0 Å². The smallest absolute Gasteiger partial charge is 0.302 e. The van der Waals surface area contributed by atoms with Crippen LogP contribution in [-0.4, -0.2) is 17.3 Å². The number of carbonyl (C=O) groups is 1. The first-order valence-electron chi connectivity index (χ1n) is 4.99. The molecule has 0 bridgehead atoms. The van der Waals surface area contributed by atoms with Crippen LogP contribution in [0.5, 0.6) is 0 Å². The van der Waals surface area contributed by atoms with Crippen molar-refractivity contribution >= 4 is 17.7 Å². The van der Waals surface area contributed by atoms with Gasteiger partial charge in [0.05, 0.1) is 4.75 Å². The van der Waals surface area contributed by atoms with Gasteiger partial charge in [0.15, 0.2) is 0 Å². The lowest BCUT2D eigenvalue weighted by Crippen LogP contribution is -2.27. The Morgan fingerprint density at radius 1 is 1.53 bits per heavy atom. The molecule has 1 aromatic rings. The van der Waals surface area contributed by atoms with Crippen LogP contribution in [0, 0.1) is 0 Å². The number of hydrogen-bond donors (Lipinski definition) is 0. The SMILES string of the molecule is CC(=O)OCC1(C)Cc2ccccc2S1. The zero-order valence-corrected chi connectivity index (χ0v) is 9.76. The van der Waals surface area contributed by atoms with Crippen LogP contribution < -0.4 is 0 Å². The fourth-order valence-electron chi connectivity index (χ4n) is 1.79. The highest BCUT2D eigenvalue weighted by atomic mass is 32.2. The number of thioether (sulfide) groups is 1. The zero-order chi connectivity index (χ0) is 10.9. The summed E-state index contributed by atoms with van der Waals surface area (Å²) in [6, 6.07) is 8.36. The Bertz CT molecular complexity index is 362. The number of benzene rings is 1. The maximum atomic E-state index is 10.8. The number of rotatable bonds is 2. The normalized spacial score (nSPS) is 23.6. The minimum Gasteiger partial charge on any atom is -0.464 e. The Morgan fingerprint density at radius 2 is 2.27 bits per heavy atom. The summed E-state index contributed by atoms with van der Waals surface area (Å²) in [6.45, 7) is 4.08. The lowest BCUT2D eigenvalue weighted by atomic mass is 10.0. The van der Waals surface area contributed by atoms with Crippen LogP contribution in [-0.2, 0) is 16.0 Å². The summed E-state index contributed by atoms with van der Waals surface area (Å²) < 4.78 is 5.11. The minimum atomic E-state index is -0.201. The van der Waals surface area contributed by atoms with Gasteiger partial charge in [0.2, 0.25) is 0 Å². The van der Waals surface area contributed by atoms with Crippen LogP contribution >= 0.6 is 11.8 Å². The molecule has 0 N–H and O–H groups in total. The predicted octanol–water partition coefficient (Wildman–Crippen LogP) is 2.66. The molecule has 1 heterocycles. The molecule has 80 valence electrons. The molecule has 0 saturated heterocycles. The molecule has 15 heavy (non-hydrogen) atoms. The van der Waals surface area contributed by atoms with E-state index in [-0.39, 0.29) is 10.7 Å². The predicted molar refractivity (Wildman–Crippen MR) is 61.0 cm³/mol. The number of esters is 1. The highest BCUT2D eigenvalue weighted by Crippen LogP contribution is 2.44. The molecule has 1 unspecified atom stereocenters. The van der Waals surface area contributed by atoms with Crippen molar-refractivity contribution in [1.29, 1.82) is 0 Å². The van der Waals surface area contributed by atoms with Gasteiger partial charge < -0.3 is 4.74 Å². The molecular formula is C12H14O2S. The van der Waals surface area contributed by atoms with Crippen molar-refractivity contribution in [2.24, 2.45) is 0 Å². The van der Waals surface area contributed by atoms with Gasteiger partial charge in [0.1, 0.15) is 6.61 Å². The molecule has 0 spiro atoms. The van der Waals surface area contributed by atoms with E-state index in [9.17, 15) is 4.79 Å². The lowest BCUT2D eigenvalue weighted by Gasteiger charge is -2.21. The second kappa shape index (κ2) is 3.89. The largest absolute Gasteiger partial charge is 0.464 e. The van der Waals surface area contributed by atoms with E-state index in [0.717, 1.165) is 6.42 Å². The molecule has 0 radical (unpaired) electrons. The van der Waals surface area contributed by atoms with Gasteiger partial charge in [0, 0.05) is 11.8 Å². The maximum absolute atomic E-state index is 10.8. The van der Waals surface area contributed by atoms with Crippen molar-refractivity contribution in [3.05, 3.63) is 29.8 Å². The van der Waals surface area contributed by atoms with E-state index in [2.05, 4.69) is 25.1 Å². The number of ether oxygens (including phenoxy) is 1. The van der Waals surface area contributed by atoms with Crippen molar-refractivity contribution in [2.75, 3.05) is 6.61 Å². The molecule has 2 nitrogen and oxygen atoms in total. The fourth-order valence-corrected chi connectivity index (χ4v) is 3.08. The third-order valence-corrected chi connectivity index (χ3v) is 3.85. The van der Waals surface area contributed by atoms with Crippen LogP contribution in [0.15, 0.2) is 29.2 Å². The van der Waals surface area contributed by atoms with Gasteiger partial charge in [-0.3, -0.25) is 4.79 Å². The van der Waals surface area contributed by atoms with E-state index in [4.69, 9.17) is 4.74 Å². The van der Waals surface area contributed by atoms with Crippen LogP contribution in [0.2, 0.25) is 0 Å². The molecule has 1 atom stereocenters. The van der Waals surface area contributed by atoms with Gasteiger partial charge in [0.25, 0.3) is 0 Å². The molecule has 1 aromatic carbocycles. The minimum absolute atomic E-state index is 0.00928. The first-order valence-corrected chi connectivity index (χ1v) is 5.81. The molecule has 1 aliphatic rings. The monoisotopic (exact) mass is 222 g/mol. The van der Waals surface area contributed by atoms with E-state index in [1.54, 1.807) is 11.8 Å². The Hall–Kier alpha value is -0.960. The highest BCUT2D eigenvalue weighted by Gasteiger charge is 2.34. The summed E-state index contributed by atoms with van der Waals surface area (Å²) in [4.78, 5) is 12.1. The van der Waals surface area contributed by atoms with E-state index in [1.807, 2.05) is 6.07 Å². The Balaban J connectivity index is 2.07. The zero-order valence-electron chi connectivity index (χ0n) is 8.95. The van der Waals surface area contributed by atoms with Gasteiger partial charge in [-0.1, -0.05) is 18.2 Å². The van der Waals surface area contributed by atoms with E-state index >= 15 is 0 Å². The van der Waals surface area contributed by atoms with E-state index in [1.165, 1.54) is 17.4 Å². The average molecular weight is 222 g/mol. The Kier molecular flexibility index (Phi) is 2.74. The third kappa shape index (κ3) is 2.34. The van der Waals surface area contributed by atoms with Crippen LogP contribution in [0.3, 0.4) is 0 Å². The van der Waals surface area contributed by atoms with Crippen molar-refractivity contribution in [1.82, 2.24) is 0 Å². The summed E-state index contributed by atoms with van der Waals surface area (Å²) >= 11 is 1.80. The van der Waals surface area contributed by atoms with Gasteiger partial charge in [-0.05, 0) is 25.0 Å². The first-order chi connectivity index (χ1) is 7.09. The number of carbonyl (C=O) groups excluding carboxylic acids is 1. The van der Waals surface area contributed by atoms with Crippen molar-refractivity contribution < 1.29 is 9.53 Å². The molecule has 0 saturated carbocycles. The van der Waals surface area contributed by atoms with Gasteiger partial charge in [-0.15, -0.1) is 11.8 Å². The molecule has 0 aromatic heterocycles. The van der Waals surface area contributed by atoms with Gasteiger partial charge in [-0.25, -0.2) is 0 Å². The highest BCUT2D eigenvalue weighted by molar-refractivity contribution is 8.01. The first kappa shape index (κ1) is 10.6. The van der Waals surface area contributed by atoms with E-state index in [0.29, 0.717) is 6.61 Å².